The molecular weight excluding hydrogens is 408 g/mol. The minimum Gasteiger partial charge on any atom is -0.481 e. The zero-order valence-electron chi connectivity index (χ0n) is 18.3. The maximum absolute atomic E-state index is 13.1. The van der Waals surface area contributed by atoms with E-state index in [9.17, 15) is 24.6 Å². The van der Waals surface area contributed by atoms with Crippen LogP contribution in [0.2, 0.25) is 0 Å². The average molecular weight is 439 g/mol. The smallest absolute Gasteiger partial charge is 0.320 e. The molecule has 2 aromatic carbocycles. The van der Waals surface area contributed by atoms with Gasteiger partial charge < -0.3 is 15.1 Å². The molecule has 32 heavy (non-hydrogen) atoms. The molecule has 0 spiro atoms. The van der Waals surface area contributed by atoms with E-state index in [4.69, 9.17) is 0 Å². The van der Waals surface area contributed by atoms with Gasteiger partial charge in [0.15, 0.2) is 0 Å². The number of carbonyl (C=O) groups excluding carboxylic acids is 1. The van der Waals surface area contributed by atoms with E-state index in [0.29, 0.717) is 32.5 Å². The van der Waals surface area contributed by atoms with Crippen LogP contribution in [0.25, 0.3) is 11.1 Å². The second-order valence-corrected chi connectivity index (χ2v) is 8.37. The molecule has 7 nitrogen and oxygen atoms in total. The van der Waals surface area contributed by atoms with Crippen LogP contribution in [-0.4, -0.2) is 63.5 Å². The fourth-order valence-electron chi connectivity index (χ4n) is 3.99. The summed E-state index contributed by atoms with van der Waals surface area (Å²) in [6.07, 6.45) is 1.63. The maximum atomic E-state index is 13.1. The van der Waals surface area contributed by atoms with Gasteiger partial charge in [0, 0.05) is 13.1 Å². The Bertz CT molecular complexity index is 929. The van der Waals surface area contributed by atoms with Crippen molar-refractivity contribution in [1.82, 2.24) is 9.80 Å². The van der Waals surface area contributed by atoms with Crippen LogP contribution in [0.1, 0.15) is 31.7 Å². The predicted octanol–water partition coefficient (Wildman–Crippen LogP) is 3.34. The quantitative estimate of drug-likeness (QED) is 0.590. The molecule has 1 amide bonds. The molecular formula is C25H30N2O5. The number of nitrogens with zero attached hydrogens (tertiary/aromatic N) is 2. The van der Waals surface area contributed by atoms with Crippen LogP contribution in [0.4, 0.5) is 0 Å². The van der Waals surface area contributed by atoms with Gasteiger partial charge in [0.25, 0.3) is 0 Å². The van der Waals surface area contributed by atoms with Crippen molar-refractivity contribution in [2.24, 2.45) is 5.92 Å². The highest BCUT2D eigenvalue weighted by Gasteiger charge is 2.32. The van der Waals surface area contributed by atoms with Crippen LogP contribution in [0.15, 0.2) is 54.6 Å². The summed E-state index contributed by atoms with van der Waals surface area (Å²) in [4.78, 5) is 39.1. The van der Waals surface area contributed by atoms with Crippen molar-refractivity contribution in [3.05, 3.63) is 60.2 Å². The van der Waals surface area contributed by atoms with Crippen molar-refractivity contribution in [2.75, 3.05) is 19.6 Å². The molecule has 7 heteroatoms. The topological polar surface area (TPSA) is 98.2 Å². The summed E-state index contributed by atoms with van der Waals surface area (Å²) in [5.74, 6) is -2.54. The molecule has 2 N–H and O–H groups in total. The highest BCUT2D eigenvalue weighted by atomic mass is 16.4. The molecule has 1 saturated heterocycles. The Kier molecular flexibility index (Phi) is 8.00. The van der Waals surface area contributed by atoms with Gasteiger partial charge in [0.1, 0.15) is 6.04 Å². The minimum absolute atomic E-state index is 0.0283. The highest BCUT2D eigenvalue weighted by Crippen LogP contribution is 2.21. The first-order valence-corrected chi connectivity index (χ1v) is 11.0. The van der Waals surface area contributed by atoms with E-state index in [1.165, 1.54) is 0 Å². The van der Waals surface area contributed by atoms with Gasteiger partial charge in [-0.3, -0.25) is 19.3 Å². The normalized spacial score (nSPS) is 17.1. The lowest BCUT2D eigenvalue weighted by Gasteiger charge is -2.28. The van der Waals surface area contributed by atoms with E-state index >= 15 is 0 Å². The third-order valence-electron chi connectivity index (χ3n) is 6.03. The van der Waals surface area contributed by atoms with Gasteiger partial charge in [-0.2, -0.15) is 0 Å². The fraction of sp³-hybridized carbons (Fsp3) is 0.400. The number of carbonyl (C=O) groups is 3. The molecule has 1 aliphatic rings. The molecule has 0 aliphatic carbocycles. The predicted molar refractivity (Wildman–Crippen MR) is 121 cm³/mol. The van der Waals surface area contributed by atoms with E-state index in [0.717, 1.165) is 23.1 Å². The highest BCUT2D eigenvalue weighted by molar-refractivity contribution is 5.80. The molecule has 0 radical (unpaired) electrons. The van der Waals surface area contributed by atoms with Crippen molar-refractivity contribution in [3.8, 4) is 11.1 Å². The first-order chi connectivity index (χ1) is 15.3. The SMILES string of the molecule is CC(CCN(Cc1ccc(-c2ccccc2)cc1)C(=O)CN1CCC[C@H]1C(=O)O)C(=O)O. The van der Waals surface area contributed by atoms with Gasteiger partial charge in [0.2, 0.25) is 5.91 Å². The molecule has 1 heterocycles. The Balaban J connectivity index is 1.71. The van der Waals surface area contributed by atoms with Gasteiger partial charge in [-0.1, -0.05) is 61.5 Å². The lowest BCUT2D eigenvalue weighted by atomic mass is 10.0. The van der Waals surface area contributed by atoms with E-state index in [2.05, 4.69) is 0 Å². The summed E-state index contributed by atoms with van der Waals surface area (Å²) in [5.41, 5.74) is 3.13. The van der Waals surface area contributed by atoms with Crippen LogP contribution in [0.3, 0.4) is 0 Å². The molecule has 170 valence electrons. The van der Waals surface area contributed by atoms with Crippen LogP contribution in [0.5, 0.6) is 0 Å². The van der Waals surface area contributed by atoms with Crippen LogP contribution in [-0.2, 0) is 20.9 Å². The second-order valence-electron chi connectivity index (χ2n) is 8.37. The molecule has 3 rings (SSSR count). The molecule has 2 atom stereocenters. The number of likely N-dealkylation sites (tertiary alicyclic amines) is 1. The van der Waals surface area contributed by atoms with Crippen molar-refractivity contribution < 1.29 is 24.6 Å². The third kappa shape index (κ3) is 6.17. The number of aliphatic carboxylic acids is 2. The molecule has 0 aromatic heterocycles. The number of hydrogen-bond acceptors (Lipinski definition) is 4. The first-order valence-electron chi connectivity index (χ1n) is 11.0. The van der Waals surface area contributed by atoms with Gasteiger partial charge in [-0.25, -0.2) is 0 Å². The summed E-state index contributed by atoms with van der Waals surface area (Å²) in [6, 6.07) is 17.3. The van der Waals surface area contributed by atoms with Crippen molar-refractivity contribution in [1.29, 1.82) is 0 Å². The molecule has 1 unspecified atom stereocenters. The lowest BCUT2D eigenvalue weighted by Crippen LogP contribution is -2.45. The summed E-state index contributed by atoms with van der Waals surface area (Å²) in [6.45, 7) is 2.89. The van der Waals surface area contributed by atoms with E-state index < -0.39 is 23.9 Å². The number of rotatable bonds is 10. The second kappa shape index (κ2) is 10.9. The third-order valence-corrected chi connectivity index (χ3v) is 6.03. The monoisotopic (exact) mass is 438 g/mol. The van der Waals surface area contributed by atoms with Crippen LogP contribution < -0.4 is 0 Å². The summed E-state index contributed by atoms with van der Waals surface area (Å²) >= 11 is 0. The Labute approximate surface area is 188 Å². The van der Waals surface area contributed by atoms with Crippen molar-refractivity contribution >= 4 is 17.8 Å². The Hall–Kier alpha value is -3.19. The standard InChI is InChI=1S/C25H30N2O5/c1-18(24(29)30)13-15-27(23(28)17-26-14-5-8-22(26)25(31)32)16-19-9-11-21(12-10-19)20-6-3-2-4-7-20/h2-4,6-7,9-12,18,22H,5,8,13-17H2,1H3,(H,29,30)(H,31,32)/t18?,22-/m0/s1. The van der Waals surface area contributed by atoms with Crippen LogP contribution >= 0.6 is 0 Å². The van der Waals surface area contributed by atoms with Crippen LogP contribution in [0, 0.1) is 5.92 Å². The Morgan fingerprint density at radius 3 is 2.31 bits per heavy atom. The van der Waals surface area contributed by atoms with Crippen molar-refractivity contribution in [2.45, 2.75) is 38.8 Å². The Morgan fingerprint density at radius 2 is 1.69 bits per heavy atom. The lowest BCUT2D eigenvalue weighted by molar-refractivity contribution is -0.145. The number of amides is 1. The average Bonchev–Trinajstić information content (AvgIpc) is 3.25. The molecule has 1 fully saturated rings. The fourth-order valence-corrected chi connectivity index (χ4v) is 3.99. The summed E-state index contributed by atoms with van der Waals surface area (Å²) in [7, 11) is 0. The van der Waals surface area contributed by atoms with E-state index in [-0.39, 0.29) is 12.5 Å². The van der Waals surface area contributed by atoms with Crippen molar-refractivity contribution in [3.63, 3.8) is 0 Å². The molecule has 0 saturated carbocycles. The van der Waals surface area contributed by atoms with E-state index in [1.54, 1.807) is 16.7 Å². The minimum atomic E-state index is -0.905. The summed E-state index contributed by atoms with van der Waals surface area (Å²) in [5, 5.41) is 18.6. The number of benzene rings is 2. The summed E-state index contributed by atoms with van der Waals surface area (Å²) < 4.78 is 0. The molecule has 1 aliphatic heterocycles. The van der Waals surface area contributed by atoms with Gasteiger partial charge in [0.05, 0.1) is 12.5 Å². The number of hydrogen-bond donors (Lipinski definition) is 2. The van der Waals surface area contributed by atoms with E-state index in [1.807, 2.05) is 54.6 Å². The van der Waals surface area contributed by atoms with Gasteiger partial charge >= 0.3 is 11.9 Å². The zero-order chi connectivity index (χ0) is 23.1. The number of carboxylic acid groups (broad SMARTS) is 2. The first kappa shape index (κ1) is 23.5. The van der Waals surface area contributed by atoms with Gasteiger partial charge in [-0.15, -0.1) is 0 Å². The molecule has 0 bridgehead atoms. The molecule has 2 aromatic rings. The zero-order valence-corrected chi connectivity index (χ0v) is 18.3. The van der Waals surface area contributed by atoms with Gasteiger partial charge in [-0.05, 0) is 42.5 Å². The largest absolute Gasteiger partial charge is 0.481 e. The Morgan fingerprint density at radius 1 is 1.03 bits per heavy atom. The maximum Gasteiger partial charge on any atom is 0.320 e. The number of carboxylic acids is 2.